The third kappa shape index (κ3) is 3.74. The van der Waals surface area contributed by atoms with Crippen molar-refractivity contribution < 1.29 is 19.2 Å². The zero-order valence-electron chi connectivity index (χ0n) is 15.6. The number of piperidine rings is 1. The molecule has 5 nitrogen and oxygen atoms in total. The van der Waals surface area contributed by atoms with Crippen molar-refractivity contribution in [3.8, 4) is 11.5 Å². The number of anilines is 1. The molecule has 2 fully saturated rings. The minimum atomic E-state index is -0.236. The molecule has 0 spiro atoms. The monoisotopic (exact) mass is 365 g/mol. The zero-order chi connectivity index (χ0) is 18.8. The number of hydrogen-bond donors (Lipinski definition) is 1. The molecule has 2 aromatic rings. The fraction of sp³-hybridized carbons (Fsp3) is 0.364. The second-order valence-electron chi connectivity index (χ2n) is 7.59. The lowest BCUT2D eigenvalue weighted by Gasteiger charge is -2.31. The molecule has 2 amide bonds. The molecule has 0 saturated carbocycles. The quantitative estimate of drug-likeness (QED) is 0.847. The highest BCUT2D eigenvalue weighted by Gasteiger charge is 2.46. The van der Waals surface area contributed by atoms with Crippen molar-refractivity contribution in [1.82, 2.24) is 0 Å². The summed E-state index contributed by atoms with van der Waals surface area (Å²) < 4.78 is 5.79. The highest BCUT2D eigenvalue weighted by molar-refractivity contribution is 6.21. The average Bonchev–Trinajstić information content (AvgIpc) is 2.98. The van der Waals surface area contributed by atoms with Crippen LogP contribution in [0.3, 0.4) is 0 Å². The van der Waals surface area contributed by atoms with Gasteiger partial charge in [-0.2, -0.15) is 0 Å². The molecule has 27 heavy (non-hydrogen) atoms. The highest BCUT2D eigenvalue weighted by atomic mass is 16.5. The first-order chi connectivity index (χ1) is 13.1. The van der Waals surface area contributed by atoms with E-state index >= 15 is 0 Å². The van der Waals surface area contributed by atoms with Crippen LogP contribution in [0.1, 0.15) is 26.2 Å². The van der Waals surface area contributed by atoms with E-state index in [4.69, 9.17) is 4.74 Å². The fourth-order valence-electron chi connectivity index (χ4n) is 4.16. The summed E-state index contributed by atoms with van der Waals surface area (Å²) in [6.07, 6.45) is 2.65. The third-order valence-electron chi connectivity index (χ3n) is 5.52. The Kier molecular flexibility index (Phi) is 4.94. The fourth-order valence-corrected chi connectivity index (χ4v) is 4.16. The predicted octanol–water partition coefficient (Wildman–Crippen LogP) is 2.43. The SMILES string of the molecule is C[C@H]1CCC[NH+]([C@@H]2CC(=O)N(c3ccc(Oc4ccccc4)cc3)C2=O)C1. The summed E-state index contributed by atoms with van der Waals surface area (Å²) in [6, 6.07) is 16.4. The van der Waals surface area contributed by atoms with Crippen LogP contribution in [0.2, 0.25) is 0 Å². The Morgan fingerprint density at radius 3 is 2.41 bits per heavy atom. The smallest absolute Gasteiger partial charge is 0.292 e. The molecule has 4 rings (SSSR count). The predicted molar refractivity (Wildman–Crippen MR) is 103 cm³/mol. The van der Waals surface area contributed by atoms with Gasteiger partial charge in [0.1, 0.15) is 11.5 Å². The van der Waals surface area contributed by atoms with Crippen molar-refractivity contribution >= 4 is 17.5 Å². The maximum atomic E-state index is 13.0. The molecule has 0 aliphatic carbocycles. The standard InChI is InChI=1S/C22H24N2O3/c1-16-6-5-13-23(15-16)20-14-21(25)24(22(20)26)17-9-11-19(12-10-17)27-18-7-3-2-4-8-18/h2-4,7-12,16,20H,5-6,13-15H2,1H3/p+1/t16-,20+/m0/s1. The average molecular weight is 365 g/mol. The van der Waals surface area contributed by atoms with Crippen molar-refractivity contribution in [2.24, 2.45) is 5.92 Å². The zero-order valence-corrected chi connectivity index (χ0v) is 15.6. The number of carbonyl (C=O) groups is 2. The van der Waals surface area contributed by atoms with E-state index in [0.717, 1.165) is 25.3 Å². The lowest BCUT2D eigenvalue weighted by Crippen LogP contribution is -3.18. The van der Waals surface area contributed by atoms with Crippen molar-refractivity contribution in [3.05, 3.63) is 54.6 Å². The van der Waals surface area contributed by atoms with Crippen LogP contribution >= 0.6 is 0 Å². The van der Waals surface area contributed by atoms with Crippen LogP contribution in [0, 0.1) is 5.92 Å². The number of nitrogens with zero attached hydrogens (tertiary/aromatic N) is 1. The van der Waals surface area contributed by atoms with Crippen LogP contribution in [0.15, 0.2) is 54.6 Å². The van der Waals surface area contributed by atoms with Crippen LogP contribution < -0.4 is 14.5 Å². The van der Waals surface area contributed by atoms with Crippen LogP contribution in [0.4, 0.5) is 5.69 Å². The summed E-state index contributed by atoms with van der Waals surface area (Å²) >= 11 is 0. The number of carbonyl (C=O) groups excluding carboxylic acids is 2. The molecule has 2 aliphatic rings. The summed E-state index contributed by atoms with van der Waals surface area (Å²) in [5.74, 6) is 1.87. The number of rotatable bonds is 4. The Bertz CT molecular complexity index is 819. The number of likely N-dealkylation sites (tertiary alicyclic amines) is 1. The molecule has 0 aromatic heterocycles. The highest BCUT2D eigenvalue weighted by Crippen LogP contribution is 2.27. The van der Waals surface area contributed by atoms with Gasteiger partial charge in [0, 0.05) is 5.92 Å². The Morgan fingerprint density at radius 1 is 1.00 bits per heavy atom. The minimum Gasteiger partial charge on any atom is -0.457 e. The van der Waals surface area contributed by atoms with Gasteiger partial charge in [0.15, 0.2) is 6.04 Å². The number of amides is 2. The second-order valence-corrected chi connectivity index (χ2v) is 7.59. The Balaban J connectivity index is 1.48. The summed E-state index contributed by atoms with van der Waals surface area (Å²) in [4.78, 5) is 28.1. The lowest BCUT2D eigenvalue weighted by atomic mass is 9.98. The van der Waals surface area contributed by atoms with Gasteiger partial charge >= 0.3 is 0 Å². The first kappa shape index (κ1) is 17.7. The van der Waals surface area contributed by atoms with Gasteiger partial charge in [0.05, 0.1) is 25.2 Å². The molecule has 2 heterocycles. The molecule has 0 bridgehead atoms. The van der Waals surface area contributed by atoms with Crippen molar-refractivity contribution in [1.29, 1.82) is 0 Å². The van der Waals surface area contributed by atoms with E-state index in [-0.39, 0.29) is 17.9 Å². The van der Waals surface area contributed by atoms with Crippen molar-refractivity contribution in [2.75, 3.05) is 18.0 Å². The first-order valence-electron chi connectivity index (χ1n) is 9.66. The minimum absolute atomic E-state index is 0.0687. The van der Waals surface area contributed by atoms with Crippen LogP contribution in [0.25, 0.3) is 0 Å². The third-order valence-corrected chi connectivity index (χ3v) is 5.52. The summed E-state index contributed by atoms with van der Waals surface area (Å²) in [5.41, 5.74) is 0.623. The first-order valence-corrected chi connectivity index (χ1v) is 9.66. The number of para-hydroxylation sites is 1. The molecule has 2 saturated heterocycles. The number of ether oxygens (including phenoxy) is 1. The molecule has 2 aromatic carbocycles. The maximum Gasteiger partial charge on any atom is 0.292 e. The van der Waals surface area contributed by atoms with Crippen LogP contribution in [0.5, 0.6) is 11.5 Å². The van der Waals surface area contributed by atoms with E-state index in [1.807, 2.05) is 30.3 Å². The number of benzene rings is 2. The van der Waals surface area contributed by atoms with E-state index < -0.39 is 0 Å². The molecule has 3 atom stereocenters. The summed E-state index contributed by atoms with van der Waals surface area (Å²) in [6.45, 7) is 4.18. The molecule has 140 valence electrons. The largest absolute Gasteiger partial charge is 0.457 e. The molecular weight excluding hydrogens is 340 g/mol. The van der Waals surface area contributed by atoms with E-state index in [9.17, 15) is 9.59 Å². The van der Waals surface area contributed by atoms with E-state index in [1.54, 1.807) is 24.3 Å². The number of imide groups is 1. The van der Waals surface area contributed by atoms with Crippen molar-refractivity contribution in [2.45, 2.75) is 32.2 Å². The Labute approximate surface area is 159 Å². The van der Waals surface area contributed by atoms with Gasteiger partial charge in [-0.05, 0) is 49.2 Å². The van der Waals surface area contributed by atoms with Gasteiger partial charge in [-0.25, -0.2) is 4.90 Å². The Morgan fingerprint density at radius 2 is 1.70 bits per heavy atom. The van der Waals surface area contributed by atoms with Crippen LogP contribution in [-0.4, -0.2) is 30.9 Å². The topological polar surface area (TPSA) is 51.1 Å². The number of quaternary nitrogens is 1. The van der Waals surface area contributed by atoms with Gasteiger partial charge < -0.3 is 9.64 Å². The van der Waals surface area contributed by atoms with Gasteiger partial charge in [0.25, 0.3) is 5.91 Å². The van der Waals surface area contributed by atoms with Gasteiger partial charge in [0.2, 0.25) is 5.91 Å². The van der Waals surface area contributed by atoms with E-state index in [1.165, 1.54) is 16.2 Å². The van der Waals surface area contributed by atoms with E-state index in [2.05, 4.69) is 6.92 Å². The Hall–Kier alpha value is -2.66. The molecular formula is C22H25N2O3+. The summed E-state index contributed by atoms with van der Waals surface area (Å²) in [7, 11) is 0. The molecule has 0 radical (unpaired) electrons. The summed E-state index contributed by atoms with van der Waals surface area (Å²) in [5, 5.41) is 0. The lowest BCUT2D eigenvalue weighted by molar-refractivity contribution is -0.923. The molecule has 2 aliphatic heterocycles. The van der Waals surface area contributed by atoms with Crippen LogP contribution in [-0.2, 0) is 9.59 Å². The van der Waals surface area contributed by atoms with E-state index in [0.29, 0.717) is 23.8 Å². The van der Waals surface area contributed by atoms with Crippen molar-refractivity contribution in [3.63, 3.8) is 0 Å². The maximum absolute atomic E-state index is 13.0. The van der Waals surface area contributed by atoms with Gasteiger partial charge in [-0.15, -0.1) is 0 Å². The van der Waals surface area contributed by atoms with Gasteiger partial charge in [-0.3, -0.25) is 9.59 Å². The normalized spacial score (nSPS) is 25.7. The molecule has 5 heteroatoms. The molecule has 1 unspecified atom stereocenters. The number of hydrogen-bond acceptors (Lipinski definition) is 3. The number of nitrogens with one attached hydrogen (secondary N) is 1. The van der Waals surface area contributed by atoms with Gasteiger partial charge in [-0.1, -0.05) is 25.1 Å². The molecule has 1 N–H and O–H groups in total. The second kappa shape index (κ2) is 7.53.